The highest BCUT2D eigenvalue weighted by Gasteiger charge is 2.30. The van der Waals surface area contributed by atoms with E-state index in [4.69, 9.17) is 10.5 Å². The van der Waals surface area contributed by atoms with Gasteiger partial charge >= 0.3 is 0 Å². The maximum atomic E-state index is 12.9. The van der Waals surface area contributed by atoms with Crippen LogP contribution in [0.2, 0.25) is 0 Å². The Morgan fingerprint density at radius 2 is 1.84 bits per heavy atom. The predicted octanol–water partition coefficient (Wildman–Crippen LogP) is 2.67. The SMILES string of the molecule is NC(=O)Cc1cc(-c2ccccc2)cc2c(C3CCN(S(=O)(=O)CCOC[C@@H]4CCC(=O)N4)CC3)c[nH]c12. The highest BCUT2D eigenvalue weighted by molar-refractivity contribution is 7.89. The van der Waals surface area contributed by atoms with Gasteiger partial charge in [-0.3, -0.25) is 9.59 Å². The molecule has 4 N–H and O–H groups in total. The number of nitrogens with two attached hydrogens (primary N) is 1. The summed E-state index contributed by atoms with van der Waals surface area (Å²) in [7, 11) is -3.43. The molecule has 2 aliphatic rings. The first-order chi connectivity index (χ1) is 18.3. The summed E-state index contributed by atoms with van der Waals surface area (Å²) in [5, 5.41) is 3.87. The van der Waals surface area contributed by atoms with Gasteiger partial charge in [-0.2, -0.15) is 0 Å². The lowest BCUT2D eigenvalue weighted by molar-refractivity contribution is -0.119. The first kappa shape index (κ1) is 26.4. The second kappa shape index (κ2) is 11.3. The van der Waals surface area contributed by atoms with E-state index in [1.807, 2.05) is 42.6 Å². The van der Waals surface area contributed by atoms with E-state index in [0.29, 0.717) is 39.0 Å². The van der Waals surface area contributed by atoms with Crippen LogP contribution in [0.4, 0.5) is 0 Å². The molecule has 0 radical (unpaired) electrons. The van der Waals surface area contributed by atoms with Crippen LogP contribution < -0.4 is 11.1 Å². The number of aromatic amines is 1. The number of nitrogens with zero attached hydrogens (tertiary/aromatic N) is 1. The summed E-state index contributed by atoms with van der Waals surface area (Å²) >= 11 is 0. The summed E-state index contributed by atoms with van der Waals surface area (Å²) < 4.78 is 32.9. The first-order valence-electron chi connectivity index (χ1n) is 13.1. The molecule has 2 aliphatic heterocycles. The van der Waals surface area contributed by atoms with Gasteiger partial charge in [0.25, 0.3) is 0 Å². The van der Waals surface area contributed by atoms with Crippen molar-refractivity contribution in [2.75, 3.05) is 32.1 Å². The molecule has 0 unspecified atom stereocenters. The lowest BCUT2D eigenvalue weighted by Gasteiger charge is -2.31. The zero-order valence-electron chi connectivity index (χ0n) is 21.3. The van der Waals surface area contributed by atoms with E-state index < -0.39 is 10.0 Å². The molecule has 2 amide bonds. The van der Waals surface area contributed by atoms with Crippen LogP contribution in [0.1, 0.15) is 42.7 Å². The number of carbonyl (C=O) groups is 2. The van der Waals surface area contributed by atoms with E-state index in [1.54, 1.807) is 4.31 Å². The largest absolute Gasteiger partial charge is 0.378 e. The van der Waals surface area contributed by atoms with Crippen LogP contribution in [0.15, 0.2) is 48.7 Å². The topological polar surface area (TPSA) is 135 Å². The minimum Gasteiger partial charge on any atom is -0.378 e. The van der Waals surface area contributed by atoms with Crippen molar-refractivity contribution in [3.8, 4) is 11.1 Å². The van der Waals surface area contributed by atoms with E-state index in [9.17, 15) is 18.0 Å². The van der Waals surface area contributed by atoms with E-state index >= 15 is 0 Å². The Bertz CT molecular complexity index is 1410. The van der Waals surface area contributed by atoms with Crippen molar-refractivity contribution in [2.24, 2.45) is 5.73 Å². The van der Waals surface area contributed by atoms with Gasteiger partial charge in [-0.15, -0.1) is 0 Å². The normalized spacial score (nSPS) is 19.2. The highest BCUT2D eigenvalue weighted by atomic mass is 32.2. The Balaban J connectivity index is 1.26. The number of nitrogens with one attached hydrogen (secondary N) is 2. The maximum absolute atomic E-state index is 12.9. The third kappa shape index (κ3) is 5.92. The standard InChI is InChI=1S/C28H34N4O5S/c29-26(33)16-22-14-21(19-4-2-1-3-5-19)15-24-25(17-30-28(22)24)20-8-10-32(11-9-20)38(35,36)13-12-37-18-23-6-7-27(34)31-23/h1-5,14-15,17,20,23,30H,6-13,16,18H2,(H2,29,33)(H,31,34)/t23-/m0/s1. The number of primary amides is 1. The fourth-order valence-electron chi connectivity index (χ4n) is 5.56. The van der Waals surface area contributed by atoms with E-state index in [-0.39, 0.29) is 42.6 Å². The van der Waals surface area contributed by atoms with Crippen molar-refractivity contribution < 1.29 is 22.7 Å². The van der Waals surface area contributed by atoms with Crippen LogP contribution in [0.3, 0.4) is 0 Å². The van der Waals surface area contributed by atoms with Crippen molar-refractivity contribution in [2.45, 2.75) is 44.1 Å². The van der Waals surface area contributed by atoms with Crippen molar-refractivity contribution in [1.29, 1.82) is 0 Å². The van der Waals surface area contributed by atoms with Crippen LogP contribution in [0.25, 0.3) is 22.0 Å². The predicted molar refractivity (Wildman–Crippen MR) is 146 cm³/mol. The monoisotopic (exact) mass is 538 g/mol. The molecule has 0 aliphatic carbocycles. The molecule has 9 nitrogen and oxygen atoms in total. The molecule has 1 aromatic heterocycles. The smallest absolute Gasteiger partial charge is 0.221 e. The summed E-state index contributed by atoms with van der Waals surface area (Å²) in [5.74, 6) is -0.236. The van der Waals surface area contributed by atoms with E-state index in [2.05, 4.69) is 16.4 Å². The molecule has 2 saturated heterocycles. The number of sulfonamides is 1. The number of carbonyl (C=O) groups excluding carboxylic acids is 2. The number of rotatable bonds is 10. The molecule has 202 valence electrons. The Labute approximate surface area is 222 Å². The molecule has 1 atom stereocenters. The lowest BCUT2D eigenvalue weighted by Crippen LogP contribution is -2.40. The van der Waals surface area contributed by atoms with Gasteiger partial charge < -0.3 is 20.8 Å². The van der Waals surface area contributed by atoms with Gasteiger partial charge in [-0.25, -0.2) is 12.7 Å². The quantitative estimate of drug-likeness (QED) is 0.341. The summed E-state index contributed by atoms with van der Waals surface area (Å²) in [6.45, 7) is 1.35. The van der Waals surface area contributed by atoms with Crippen LogP contribution in [-0.4, -0.2) is 67.6 Å². The van der Waals surface area contributed by atoms with E-state index in [0.717, 1.165) is 39.6 Å². The zero-order valence-corrected chi connectivity index (χ0v) is 22.1. The van der Waals surface area contributed by atoms with Crippen LogP contribution >= 0.6 is 0 Å². The average Bonchev–Trinajstić information content (AvgIpc) is 3.53. The van der Waals surface area contributed by atoms with Crippen molar-refractivity contribution in [1.82, 2.24) is 14.6 Å². The molecular formula is C28H34N4O5S. The molecule has 0 spiro atoms. The van der Waals surface area contributed by atoms with Gasteiger partial charge in [0.15, 0.2) is 0 Å². The van der Waals surface area contributed by atoms with Crippen LogP contribution in [0.5, 0.6) is 0 Å². The maximum Gasteiger partial charge on any atom is 0.221 e. The number of amides is 2. The number of hydrogen-bond donors (Lipinski definition) is 3. The van der Waals surface area contributed by atoms with Gasteiger partial charge in [0, 0.05) is 36.6 Å². The number of benzene rings is 2. The number of ether oxygens (including phenoxy) is 1. The number of hydrogen-bond acceptors (Lipinski definition) is 5. The van der Waals surface area contributed by atoms with Crippen molar-refractivity contribution in [3.63, 3.8) is 0 Å². The average molecular weight is 539 g/mol. The van der Waals surface area contributed by atoms with Crippen LogP contribution in [0, 0.1) is 0 Å². The van der Waals surface area contributed by atoms with Gasteiger partial charge in [-0.1, -0.05) is 30.3 Å². The minimum atomic E-state index is -3.43. The highest BCUT2D eigenvalue weighted by Crippen LogP contribution is 2.37. The third-order valence-electron chi connectivity index (χ3n) is 7.55. The second-order valence-corrected chi connectivity index (χ2v) is 12.3. The molecule has 38 heavy (non-hydrogen) atoms. The first-order valence-corrected chi connectivity index (χ1v) is 14.7. The summed E-state index contributed by atoms with van der Waals surface area (Å²) in [6.07, 6.45) is 4.78. The summed E-state index contributed by atoms with van der Waals surface area (Å²) in [6, 6.07) is 14.2. The zero-order chi connectivity index (χ0) is 26.7. The molecule has 5 rings (SSSR count). The molecule has 0 bridgehead atoms. The molecule has 0 saturated carbocycles. The van der Waals surface area contributed by atoms with Crippen molar-refractivity contribution in [3.05, 3.63) is 59.8 Å². The Hall–Kier alpha value is -3.21. The molecule has 2 aromatic carbocycles. The van der Waals surface area contributed by atoms with Gasteiger partial charge in [-0.05, 0) is 59.6 Å². The minimum absolute atomic E-state index is 0.0182. The Morgan fingerprint density at radius 3 is 2.53 bits per heavy atom. The molecular weight excluding hydrogens is 504 g/mol. The fourth-order valence-corrected chi connectivity index (χ4v) is 6.91. The fraction of sp³-hybridized carbons (Fsp3) is 0.429. The molecule has 3 heterocycles. The van der Waals surface area contributed by atoms with Crippen LogP contribution in [-0.2, 0) is 30.8 Å². The Morgan fingerprint density at radius 1 is 1.08 bits per heavy atom. The number of piperidine rings is 1. The Kier molecular flexibility index (Phi) is 7.83. The third-order valence-corrected chi connectivity index (χ3v) is 9.39. The van der Waals surface area contributed by atoms with Crippen molar-refractivity contribution >= 4 is 32.7 Å². The number of fused-ring (bicyclic) bond motifs is 1. The summed E-state index contributed by atoms with van der Waals surface area (Å²) in [5.41, 5.74) is 10.5. The number of H-pyrrole nitrogens is 1. The molecule has 2 fully saturated rings. The van der Waals surface area contributed by atoms with E-state index in [1.165, 1.54) is 0 Å². The lowest BCUT2D eigenvalue weighted by atomic mass is 9.88. The summed E-state index contributed by atoms with van der Waals surface area (Å²) in [4.78, 5) is 26.4. The van der Waals surface area contributed by atoms with Gasteiger partial charge in [0.1, 0.15) is 0 Å². The molecule has 3 aromatic rings. The second-order valence-electron chi connectivity index (χ2n) is 10.2. The molecule has 10 heteroatoms. The van der Waals surface area contributed by atoms with Gasteiger partial charge in [0.2, 0.25) is 21.8 Å². The number of aromatic nitrogens is 1. The van der Waals surface area contributed by atoms with Gasteiger partial charge in [0.05, 0.1) is 31.4 Å².